The van der Waals surface area contributed by atoms with E-state index in [0.29, 0.717) is 5.95 Å². The summed E-state index contributed by atoms with van der Waals surface area (Å²) in [5, 5.41) is 5.78. The number of fused-ring (bicyclic) bond motifs is 14. The lowest BCUT2D eigenvalue weighted by Gasteiger charge is -2.22. The summed E-state index contributed by atoms with van der Waals surface area (Å²) >= 11 is 0. The number of aromatic nitrogens is 4. The molecule has 0 saturated carbocycles. The van der Waals surface area contributed by atoms with Crippen molar-refractivity contribution < 1.29 is 0 Å². The van der Waals surface area contributed by atoms with Crippen LogP contribution in [0.25, 0.3) is 100 Å². The minimum atomic E-state index is -0.280. The summed E-state index contributed by atoms with van der Waals surface area (Å²) in [6.07, 6.45) is 0. The largest absolute Gasteiger partial charge is 0.307 e. The van der Waals surface area contributed by atoms with E-state index >= 15 is 0 Å². The molecule has 4 nitrogen and oxygen atoms in total. The fraction of sp³-hybridized carbons (Fsp3) is 0.103. The Morgan fingerprint density at radius 3 is 1.48 bits per heavy atom. The van der Waals surface area contributed by atoms with Gasteiger partial charge in [0.1, 0.15) is 0 Å². The molecule has 4 heteroatoms. The monoisotopic (exact) mass is 794 g/mol. The average Bonchev–Trinajstić information content (AvgIpc) is 4.00. The molecule has 0 spiro atoms. The Kier molecular flexibility index (Phi) is 7.10. The van der Waals surface area contributed by atoms with Gasteiger partial charge < -0.3 is 4.57 Å². The molecule has 2 aliphatic carbocycles. The third-order valence-electron chi connectivity index (χ3n) is 14.1. The Morgan fingerprint density at radius 1 is 0.387 bits per heavy atom. The van der Waals surface area contributed by atoms with Crippen LogP contribution in [0.15, 0.2) is 182 Å². The molecule has 0 fully saturated rings. The van der Waals surface area contributed by atoms with Crippen LogP contribution in [-0.2, 0) is 10.8 Å². The first kappa shape index (κ1) is 35.2. The molecule has 2 aliphatic rings. The van der Waals surface area contributed by atoms with Crippen LogP contribution in [0.3, 0.4) is 0 Å². The van der Waals surface area contributed by atoms with Crippen LogP contribution >= 0.6 is 0 Å². The van der Waals surface area contributed by atoms with E-state index in [1.54, 1.807) is 0 Å². The van der Waals surface area contributed by atoms with Crippen LogP contribution in [0.4, 0.5) is 0 Å². The second-order valence-corrected chi connectivity index (χ2v) is 18.1. The Bertz CT molecular complexity index is 3660. The minimum Gasteiger partial charge on any atom is -0.307 e. The molecule has 0 aliphatic heterocycles. The van der Waals surface area contributed by atoms with Crippen molar-refractivity contribution >= 4 is 43.5 Å². The Hall–Kier alpha value is -7.56. The Morgan fingerprint density at radius 2 is 0.871 bits per heavy atom. The highest BCUT2D eigenvalue weighted by Crippen LogP contribution is 2.58. The van der Waals surface area contributed by atoms with Gasteiger partial charge in [-0.2, -0.15) is 0 Å². The highest BCUT2D eigenvalue weighted by Gasteiger charge is 2.45. The third-order valence-corrected chi connectivity index (χ3v) is 14.1. The van der Waals surface area contributed by atoms with E-state index in [0.717, 1.165) is 44.4 Å². The molecule has 11 aromatic rings. The van der Waals surface area contributed by atoms with Gasteiger partial charge in [0.05, 0.1) is 33.6 Å². The van der Waals surface area contributed by atoms with Gasteiger partial charge in [0, 0.05) is 54.8 Å². The van der Waals surface area contributed by atoms with E-state index in [9.17, 15) is 0 Å². The standard InChI is InChI=1S/C58H42N4/c1-57(2)46-30-18-16-28-40(46)52-48(57)42-32-33-43-49-53(41-29-17-19-31-47(41)58(49,3)4)62(55(43)54(42)61(52)37-24-12-7-13-25-37)56-59-50(36-22-10-6-11-23-36)45-34-44(35-20-8-5-9-21-35)38-26-14-15-27-39(38)51(45)60-56/h5-34H,1-4H3. The summed E-state index contributed by atoms with van der Waals surface area (Å²) in [7, 11) is 0. The lowest BCUT2D eigenvalue weighted by atomic mass is 9.80. The summed E-state index contributed by atoms with van der Waals surface area (Å²) in [5.74, 6) is 0.667. The van der Waals surface area contributed by atoms with Gasteiger partial charge in [-0.15, -0.1) is 0 Å². The summed E-state index contributed by atoms with van der Waals surface area (Å²) in [5.41, 5.74) is 18.5. The maximum atomic E-state index is 5.79. The first-order valence-electron chi connectivity index (χ1n) is 21.7. The number of rotatable bonds is 4. The van der Waals surface area contributed by atoms with Crippen LogP contribution < -0.4 is 0 Å². The number of nitrogens with zero attached hydrogens (tertiary/aromatic N) is 4. The van der Waals surface area contributed by atoms with Crippen molar-refractivity contribution in [1.29, 1.82) is 0 Å². The van der Waals surface area contributed by atoms with Crippen molar-refractivity contribution in [2.24, 2.45) is 0 Å². The summed E-state index contributed by atoms with van der Waals surface area (Å²) < 4.78 is 4.99. The van der Waals surface area contributed by atoms with Gasteiger partial charge in [-0.3, -0.25) is 4.57 Å². The van der Waals surface area contributed by atoms with Gasteiger partial charge in [-0.25, -0.2) is 9.97 Å². The molecule has 0 unspecified atom stereocenters. The summed E-state index contributed by atoms with van der Waals surface area (Å²) in [6, 6.07) is 66.1. The van der Waals surface area contributed by atoms with Crippen molar-refractivity contribution in [3.63, 3.8) is 0 Å². The molecule has 0 amide bonds. The Labute approximate surface area is 360 Å². The number of benzene rings is 8. The number of hydrogen-bond acceptors (Lipinski definition) is 2. The van der Waals surface area contributed by atoms with E-state index in [1.165, 1.54) is 71.9 Å². The zero-order valence-electron chi connectivity index (χ0n) is 35.1. The van der Waals surface area contributed by atoms with Crippen molar-refractivity contribution in [3.05, 3.63) is 204 Å². The molecule has 0 saturated heterocycles. The van der Waals surface area contributed by atoms with Crippen LogP contribution in [0.1, 0.15) is 49.9 Å². The molecule has 62 heavy (non-hydrogen) atoms. The number of para-hydroxylation sites is 1. The molecule has 0 N–H and O–H groups in total. The molecular formula is C58H42N4. The summed E-state index contributed by atoms with van der Waals surface area (Å²) in [4.78, 5) is 11.6. The second-order valence-electron chi connectivity index (χ2n) is 18.1. The van der Waals surface area contributed by atoms with Gasteiger partial charge in [-0.1, -0.05) is 191 Å². The lowest BCUT2D eigenvalue weighted by Crippen LogP contribution is -2.15. The molecule has 0 bridgehead atoms. The van der Waals surface area contributed by atoms with Gasteiger partial charge in [-0.05, 0) is 57.0 Å². The minimum absolute atomic E-state index is 0.223. The van der Waals surface area contributed by atoms with E-state index in [1.807, 2.05) is 0 Å². The smallest absolute Gasteiger partial charge is 0.235 e. The first-order chi connectivity index (χ1) is 30.3. The van der Waals surface area contributed by atoms with E-state index in [2.05, 4.69) is 219 Å². The SMILES string of the molecule is CC1(C)c2ccccc2-c2c1c1ccc3c4c(n(-c5nc(-c6ccccc6)c6cc(-c7ccccc7)c7ccccc7c6n5)c3c1n2-c1ccccc1)-c1ccccc1C4(C)C. The number of hydrogen-bond donors (Lipinski definition) is 0. The fourth-order valence-electron chi connectivity index (χ4n) is 11.4. The third kappa shape index (κ3) is 4.56. The first-order valence-corrected chi connectivity index (χ1v) is 21.7. The second kappa shape index (κ2) is 12.5. The van der Waals surface area contributed by atoms with Crippen LogP contribution in [0, 0.1) is 0 Å². The van der Waals surface area contributed by atoms with Gasteiger partial charge >= 0.3 is 0 Å². The highest BCUT2D eigenvalue weighted by atomic mass is 15.2. The van der Waals surface area contributed by atoms with E-state index in [-0.39, 0.29) is 10.8 Å². The van der Waals surface area contributed by atoms with Gasteiger partial charge in [0.25, 0.3) is 0 Å². The van der Waals surface area contributed by atoms with Crippen LogP contribution in [0.2, 0.25) is 0 Å². The zero-order chi connectivity index (χ0) is 41.5. The maximum Gasteiger partial charge on any atom is 0.235 e. The van der Waals surface area contributed by atoms with Crippen molar-refractivity contribution in [2.75, 3.05) is 0 Å². The predicted octanol–water partition coefficient (Wildman–Crippen LogP) is 14.6. The molecular weight excluding hydrogens is 753 g/mol. The van der Waals surface area contributed by atoms with Crippen molar-refractivity contribution in [2.45, 2.75) is 38.5 Å². The zero-order valence-corrected chi connectivity index (χ0v) is 35.1. The molecule has 8 aromatic carbocycles. The lowest BCUT2D eigenvalue weighted by molar-refractivity contribution is 0.665. The molecule has 294 valence electrons. The van der Waals surface area contributed by atoms with Gasteiger partial charge in [0.15, 0.2) is 0 Å². The molecule has 3 aromatic heterocycles. The predicted molar refractivity (Wildman–Crippen MR) is 257 cm³/mol. The molecule has 13 rings (SSSR count). The van der Waals surface area contributed by atoms with Crippen LogP contribution in [0.5, 0.6) is 0 Å². The van der Waals surface area contributed by atoms with E-state index < -0.39 is 0 Å². The average molecular weight is 795 g/mol. The summed E-state index contributed by atoms with van der Waals surface area (Å²) in [6.45, 7) is 9.55. The molecule has 0 atom stereocenters. The molecule has 3 heterocycles. The van der Waals surface area contributed by atoms with E-state index in [4.69, 9.17) is 9.97 Å². The fourth-order valence-corrected chi connectivity index (χ4v) is 11.4. The highest BCUT2D eigenvalue weighted by molar-refractivity contribution is 6.17. The van der Waals surface area contributed by atoms with Crippen molar-refractivity contribution in [1.82, 2.24) is 19.1 Å². The Balaban J connectivity index is 1.26. The topological polar surface area (TPSA) is 35.6 Å². The van der Waals surface area contributed by atoms with Crippen molar-refractivity contribution in [3.8, 4) is 56.5 Å². The molecule has 0 radical (unpaired) electrons. The van der Waals surface area contributed by atoms with Gasteiger partial charge in [0.2, 0.25) is 5.95 Å². The van der Waals surface area contributed by atoms with Crippen LogP contribution in [-0.4, -0.2) is 19.1 Å². The normalized spacial score (nSPS) is 14.4. The maximum absolute atomic E-state index is 5.79. The quantitative estimate of drug-likeness (QED) is 0.166.